The fourth-order valence-corrected chi connectivity index (χ4v) is 4.18. The second kappa shape index (κ2) is 7.00. The summed E-state index contributed by atoms with van der Waals surface area (Å²) in [6.45, 7) is 0.884. The number of nitrogens with one attached hydrogen (secondary N) is 1. The standard InChI is InChI=1S/C21H18F2N2O2S/c1-25(2)9-7-11-3-5-12(6-4-11)14-15-13-8-10-28-20(13)21(27)24-18(15)16(22)17(23)19(14)26/h3-6,8,10,26H,7,9H2,1-2H3,(H,24,27). The third kappa shape index (κ3) is 2.96. The third-order valence-electron chi connectivity index (χ3n) is 4.83. The first kappa shape index (κ1) is 18.6. The van der Waals surface area contributed by atoms with Gasteiger partial charge in [0.25, 0.3) is 5.56 Å². The Bertz CT molecular complexity index is 1240. The summed E-state index contributed by atoms with van der Waals surface area (Å²) in [6, 6.07) is 9.05. The van der Waals surface area contributed by atoms with Crippen LogP contribution in [0.15, 0.2) is 40.5 Å². The van der Waals surface area contributed by atoms with Crippen LogP contribution < -0.4 is 5.56 Å². The van der Waals surface area contributed by atoms with Crippen molar-refractivity contribution in [1.82, 2.24) is 9.88 Å². The molecule has 0 aliphatic heterocycles. The van der Waals surface area contributed by atoms with Crippen molar-refractivity contribution < 1.29 is 13.9 Å². The van der Waals surface area contributed by atoms with Crippen LogP contribution in [0, 0.1) is 11.6 Å². The van der Waals surface area contributed by atoms with E-state index in [0.29, 0.717) is 21.0 Å². The smallest absolute Gasteiger partial charge is 0.266 e. The molecule has 7 heteroatoms. The highest BCUT2D eigenvalue weighted by Crippen LogP contribution is 2.42. The van der Waals surface area contributed by atoms with Gasteiger partial charge in [-0.2, -0.15) is 4.39 Å². The van der Waals surface area contributed by atoms with E-state index in [2.05, 4.69) is 9.88 Å². The molecule has 0 aliphatic rings. The Balaban J connectivity index is 1.98. The number of H-pyrrole nitrogens is 1. The molecule has 0 saturated heterocycles. The van der Waals surface area contributed by atoms with Gasteiger partial charge in [0.15, 0.2) is 11.6 Å². The van der Waals surface area contributed by atoms with Crippen LogP contribution in [0.3, 0.4) is 0 Å². The first-order valence-electron chi connectivity index (χ1n) is 8.75. The summed E-state index contributed by atoms with van der Waals surface area (Å²) in [7, 11) is 3.99. The quantitative estimate of drug-likeness (QED) is 0.530. The maximum Gasteiger partial charge on any atom is 0.266 e. The van der Waals surface area contributed by atoms with Crippen molar-refractivity contribution in [2.24, 2.45) is 0 Å². The number of aromatic hydroxyl groups is 1. The number of likely N-dealkylation sites (N-methyl/N-ethyl adjacent to an activating group) is 1. The average molecular weight is 400 g/mol. The molecular weight excluding hydrogens is 382 g/mol. The van der Waals surface area contributed by atoms with Crippen LogP contribution in [-0.2, 0) is 6.42 Å². The predicted octanol–water partition coefficient (Wildman–Crippen LogP) is 4.50. The van der Waals surface area contributed by atoms with Gasteiger partial charge in [-0.15, -0.1) is 11.3 Å². The number of rotatable bonds is 4. The summed E-state index contributed by atoms with van der Waals surface area (Å²) < 4.78 is 29.3. The minimum atomic E-state index is -1.37. The lowest BCUT2D eigenvalue weighted by Crippen LogP contribution is -2.14. The Labute approximate surface area is 163 Å². The first-order chi connectivity index (χ1) is 13.4. The van der Waals surface area contributed by atoms with Gasteiger partial charge in [-0.1, -0.05) is 24.3 Å². The van der Waals surface area contributed by atoms with Gasteiger partial charge < -0.3 is 15.0 Å². The molecule has 2 heterocycles. The second-order valence-corrected chi connectivity index (χ2v) is 7.89. The molecule has 2 N–H and O–H groups in total. The van der Waals surface area contributed by atoms with E-state index in [-0.39, 0.29) is 11.1 Å². The number of benzene rings is 2. The molecule has 0 spiro atoms. The van der Waals surface area contributed by atoms with Gasteiger partial charge in [0, 0.05) is 22.9 Å². The lowest BCUT2D eigenvalue weighted by atomic mass is 9.95. The average Bonchev–Trinajstić information content (AvgIpc) is 3.17. The molecule has 0 unspecified atom stereocenters. The number of phenolic OH excluding ortho intramolecular Hbond substituents is 1. The van der Waals surface area contributed by atoms with Crippen LogP contribution in [0.5, 0.6) is 5.75 Å². The maximum atomic E-state index is 14.5. The van der Waals surface area contributed by atoms with Crippen molar-refractivity contribution in [2.45, 2.75) is 6.42 Å². The topological polar surface area (TPSA) is 56.3 Å². The number of hydrogen-bond acceptors (Lipinski definition) is 4. The fourth-order valence-electron chi connectivity index (χ4n) is 3.39. The highest BCUT2D eigenvalue weighted by atomic mass is 32.1. The Morgan fingerprint density at radius 3 is 2.50 bits per heavy atom. The third-order valence-corrected chi connectivity index (χ3v) is 5.74. The van der Waals surface area contributed by atoms with Gasteiger partial charge in [0.05, 0.1) is 5.52 Å². The molecule has 0 radical (unpaired) electrons. The van der Waals surface area contributed by atoms with E-state index in [1.165, 1.54) is 11.3 Å². The molecule has 4 rings (SSSR count). The van der Waals surface area contributed by atoms with Gasteiger partial charge in [-0.3, -0.25) is 4.79 Å². The summed E-state index contributed by atoms with van der Waals surface area (Å²) in [5.74, 6) is -3.39. The van der Waals surface area contributed by atoms with E-state index < -0.39 is 22.9 Å². The Morgan fingerprint density at radius 2 is 1.82 bits per heavy atom. The number of hydrogen-bond donors (Lipinski definition) is 2. The Morgan fingerprint density at radius 1 is 1.11 bits per heavy atom. The lowest BCUT2D eigenvalue weighted by Gasteiger charge is -2.14. The van der Waals surface area contributed by atoms with Crippen molar-refractivity contribution >= 4 is 32.3 Å². The number of halogens is 2. The highest BCUT2D eigenvalue weighted by Gasteiger charge is 2.24. The minimum Gasteiger partial charge on any atom is -0.504 e. The molecular formula is C21H18F2N2O2S. The molecule has 0 bridgehead atoms. The maximum absolute atomic E-state index is 14.5. The van der Waals surface area contributed by atoms with E-state index in [1.54, 1.807) is 23.6 Å². The highest BCUT2D eigenvalue weighted by molar-refractivity contribution is 7.17. The molecule has 144 valence electrons. The fraction of sp³-hybridized carbons (Fsp3) is 0.190. The van der Waals surface area contributed by atoms with Crippen LogP contribution in [0.1, 0.15) is 5.56 Å². The molecule has 0 amide bonds. The number of fused-ring (bicyclic) bond motifs is 3. The van der Waals surface area contributed by atoms with Gasteiger partial charge >= 0.3 is 0 Å². The predicted molar refractivity (Wildman–Crippen MR) is 109 cm³/mol. The monoisotopic (exact) mass is 400 g/mol. The van der Waals surface area contributed by atoms with Crippen molar-refractivity contribution in [3.63, 3.8) is 0 Å². The number of pyridine rings is 1. The van der Waals surface area contributed by atoms with E-state index in [0.717, 1.165) is 18.5 Å². The lowest BCUT2D eigenvalue weighted by molar-refractivity contribution is 0.412. The van der Waals surface area contributed by atoms with Crippen LogP contribution in [-0.4, -0.2) is 35.6 Å². The van der Waals surface area contributed by atoms with E-state index in [1.807, 2.05) is 26.2 Å². The zero-order valence-corrected chi connectivity index (χ0v) is 16.2. The van der Waals surface area contributed by atoms with E-state index in [4.69, 9.17) is 0 Å². The van der Waals surface area contributed by atoms with E-state index in [9.17, 15) is 18.7 Å². The Hall–Kier alpha value is -2.77. The molecule has 2 aromatic carbocycles. The second-order valence-electron chi connectivity index (χ2n) is 6.97. The zero-order valence-electron chi connectivity index (χ0n) is 15.3. The first-order valence-corrected chi connectivity index (χ1v) is 9.63. The summed E-state index contributed by atoms with van der Waals surface area (Å²) >= 11 is 1.21. The number of nitrogens with zero attached hydrogens (tertiary/aromatic N) is 1. The summed E-state index contributed by atoms with van der Waals surface area (Å²) in [5.41, 5.74) is 1.10. The van der Waals surface area contributed by atoms with Crippen LogP contribution in [0.25, 0.3) is 32.1 Å². The van der Waals surface area contributed by atoms with Gasteiger partial charge in [-0.25, -0.2) is 4.39 Å². The van der Waals surface area contributed by atoms with Crippen molar-refractivity contribution in [2.75, 3.05) is 20.6 Å². The zero-order chi connectivity index (χ0) is 20.0. The van der Waals surface area contributed by atoms with Crippen molar-refractivity contribution in [3.8, 4) is 16.9 Å². The SMILES string of the molecule is CN(C)CCc1ccc(-c2c(O)c(F)c(F)c3[nH]c(=O)c4sccc4c23)cc1. The molecule has 4 aromatic rings. The largest absolute Gasteiger partial charge is 0.504 e. The summed E-state index contributed by atoms with van der Waals surface area (Å²) in [4.78, 5) is 16.7. The van der Waals surface area contributed by atoms with E-state index >= 15 is 0 Å². The number of thiophene rings is 1. The Kier molecular flexibility index (Phi) is 4.64. The minimum absolute atomic E-state index is 0.174. The van der Waals surface area contributed by atoms with Gasteiger partial charge in [-0.05, 0) is 43.1 Å². The number of aromatic nitrogens is 1. The van der Waals surface area contributed by atoms with Crippen LogP contribution in [0.2, 0.25) is 0 Å². The molecule has 0 aliphatic carbocycles. The summed E-state index contributed by atoms with van der Waals surface area (Å²) in [6.07, 6.45) is 0.847. The molecule has 0 saturated carbocycles. The van der Waals surface area contributed by atoms with Crippen LogP contribution >= 0.6 is 11.3 Å². The number of aromatic amines is 1. The number of phenols is 1. The molecule has 28 heavy (non-hydrogen) atoms. The van der Waals surface area contributed by atoms with Crippen molar-refractivity contribution in [1.29, 1.82) is 0 Å². The summed E-state index contributed by atoms with van der Waals surface area (Å²) in [5, 5.41) is 12.9. The van der Waals surface area contributed by atoms with Crippen molar-refractivity contribution in [3.05, 3.63) is 63.3 Å². The van der Waals surface area contributed by atoms with Crippen LogP contribution in [0.4, 0.5) is 8.78 Å². The van der Waals surface area contributed by atoms with Gasteiger partial charge in [0.1, 0.15) is 4.70 Å². The molecule has 4 nitrogen and oxygen atoms in total. The molecule has 2 aromatic heterocycles. The van der Waals surface area contributed by atoms with Gasteiger partial charge in [0.2, 0.25) is 5.82 Å². The molecule has 0 atom stereocenters. The normalized spacial score (nSPS) is 11.8. The molecule has 0 fully saturated rings.